The highest BCUT2D eigenvalue weighted by atomic mass is 35.5. The van der Waals surface area contributed by atoms with E-state index in [1.807, 2.05) is 4.90 Å². The molecule has 2 heterocycles. The first-order chi connectivity index (χ1) is 11.1. The molecule has 0 saturated carbocycles. The van der Waals surface area contributed by atoms with Gasteiger partial charge in [0.25, 0.3) is 5.91 Å². The highest BCUT2D eigenvalue weighted by Crippen LogP contribution is 2.24. The second-order valence-electron chi connectivity index (χ2n) is 5.86. The average molecular weight is 338 g/mol. The van der Waals surface area contributed by atoms with Gasteiger partial charge < -0.3 is 19.9 Å². The molecule has 3 amide bonds. The van der Waals surface area contributed by atoms with Gasteiger partial charge in [0, 0.05) is 37.3 Å². The van der Waals surface area contributed by atoms with E-state index in [0.29, 0.717) is 36.8 Å². The number of fused-ring (bicyclic) bond motifs is 1. The van der Waals surface area contributed by atoms with Crippen molar-refractivity contribution in [3.63, 3.8) is 0 Å². The molecule has 2 saturated heterocycles. The van der Waals surface area contributed by atoms with Crippen molar-refractivity contribution in [2.45, 2.75) is 18.5 Å². The van der Waals surface area contributed by atoms with Crippen LogP contribution in [0.4, 0.5) is 4.79 Å². The van der Waals surface area contributed by atoms with E-state index in [1.165, 1.54) is 0 Å². The van der Waals surface area contributed by atoms with E-state index in [9.17, 15) is 9.59 Å². The number of amides is 3. The molecule has 2 aliphatic heterocycles. The Labute approximate surface area is 140 Å². The largest absolute Gasteiger partial charge is 0.383 e. The fourth-order valence-corrected chi connectivity index (χ4v) is 3.39. The van der Waals surface area contributed by atoms with Gasteiger partial charge in [0.1, 0.15) is 0 Å². The molecule has 1 N–H and O–H groups in total. The number of halogens is 1. The minimum absolute atomic E-state index is 0.0234. The molecule has 2 aliphatic rings. The number of urea groups is 1. The number of carbonyl (C=O) groups excluding carboxylic acids is 2. The Morgan fingerprint density at radius 2 is 2.13 bits per heavy atom. The van der Waals surface area contributed by atoms with Crippen LogP contribution in [-0.4, -0.2) is 67.2 Å². The van der Waals surface area contributed by atoms with Gasteiger partial charge in [-0.1, -0.05) is 11.6 Å². The average Bonchev–Trinajstić information content (AvgIpc) is 2.87. The third kappa shape index (κ3) is 3.28. The number of methoxy groups -OCH3 is 1. The van der Waals surface area contributed by atoms with Crippen LogP contribution in [0.2, 0.25) is 5.02 Å². The zero-order valence-corrected chi connectivity index (χ0v) is 13.8. The van der Waals surface area contributed by atoms with Crippen LogP contribution in [0.25, 0.3) is 0 Å². The van der Waals surface area contributed by atoms with E-state index in [2.05, 4.69) is 5.32 Å². The molecule has 0 aliphatic carbocycles. The van der Waals surface area contributed by atoms with Gasteiger partial charge in [0.2, 0.25) is 0 Å². The lowest BCUT2D eigenvalue weighted by molar-refractivity contribution is 0.0642. The zero-order valence-electron chi connectivity index (χ0n) is 13.0. The van der Waals surface area contributed by atoms with Gasteiger partial charge in [0.05, 0.1) is 18.7 Å². The number of likely N-dealkylation sites (tertiary alicyclic amines) is 1. The Morgan fingerprint density at radius 1 is 1.39 bits per heavy atom. The summed E-state index contributed by atoms with van der Waals surface area (Å²) >= 11 is 5.86. The molecule has 0 aromatic heterocycles. The van der Waals surface area contributed by atoms with Crippen molar-refractivity contribution in [3.05, 3.63) is 34.9 Å². The van der Waals surface area contributed by atoms with E-state index < -0.39 is 0 Å². The van der Waals surface area contributed by atoms with Crippen molar-refractivity contribution in [3.8, 4) is 0 Å². The lowest BCUT2D eigenvalue weighted by Crippen LogP contribution is -2.53. The van der Waals surface area contributed by atoms with E-state index in [4.69, 9.17) is 16.3 Å². The molecule has 124 valence electrons. The van der Waals surface area contributed by atoms with Gasteiger partial charge in [-0.15, -0.1) is 0 Å². The summed E-state index contributed by atoms with van der Waals surface area (Å²) in [6.07, 6.45) is 0.770. The second-order valence-corrected chi connectivity index (χ2v) is 6.29. The summed E-state index contributed by atoms with van der Waals surface area (Å²) in [5.41, 5.74) is 0.619. The first-order valence-electron chi connectivity index (χ1n) is 7.71. The smallest absolute Gasteiger partial charge is 0.318 e. The van der Waals surface area contributed by atoms with Gasteiger partial charge in [-0.05, 0) is 30.7 Å². The highest BCUT2D eigenvalue weighted by Gasteiger charge is 2.43. The molecule has 23 heavy (non-hydrogen) atoms. The van der Waals surface area contributed by atoms with Gasteiger partial charge in [0.15, 0.2) is 0 Å². The number of hydrogen-bond donors (Lipinski definition) is 1. The molecule has 2 fully saturated rings. The summed E-state index contributed by atoms with van der Waals surface area (Å²) in [6, 6.07) is 6.93. The van der Waals surface area contributed by atoms with Gasteiger partial charge >= 0.3 is 6.03 Å². The summed E-state index contributed by atoms with van der Waals surface area (Å²) in [5.74, 6) is -0.0234. The first kappa shape index (κ1) is 16.1. The van der Waals surface area contributed by atoms with Gasteiger partial charge in [-0.3, -0.25) is 4.79 Å². The maximum Gasteiger partial charge on any atom is 0.318 e. The molecule has 0 radical (unpaired) electrons. The van der Waals surface area contributed by atoms with Crippen LogP contribution in [0, 0.1) is 0 Å². The summed E-state index contributed by atoms with van der Waals surface area (Å²) in [5, 5.41) is 3.59. The summed E-state index contributed by atoms with van der Waals surface area (Å²) in [7, 11) is 1.62. The van der Waals surface area contributed by atoms with Gasteiger partial charge in [-0.25, -0.2) is 4.79 Å². The zero-order chi connectivity index (χ0) is 16.4. The summed E-state index contributed by atoms with van der Waals surface area (Å²) < 4.78 is 5.06. The van der Waals surface area contributed by atoms with Crippen molar-refractivity contribution in [1.82, 2.24) is 15.1 Å². The topological polar surface area (TPSA) is 61.9 Å². The normalized spacial score (nSPS) is 23.7. The minimum atomic E-state index is -0.0714. The molecule has 2 atom stereocenters. The first-order valence-corrected chi connectivity index (χ1v) is 8.09. The Bertz CT molecular complexity index is 593. The standard InChI is InChI=1S/C16H20ClN3O3/c1-23-9-8-20-14-6-7-19(10-13(14)18-16(20)22)15(21)11-2-4-12(17)5-3-11/h2-5,13-14H,6-10H2,1H3,(H,18,22)/t13-,14+/m1/s1. The van der Waals surface area contributed by atoms with Gasteiger partial charge in [-0.2, -0.15) is 0 Å². The number of nitrogens with zero attached hydrogens (tertiary/aromatic N) is 2. The minimum Gasteiger partial charge on any atom is -0.383 e. The predicted molar refractivity (Wildman–Crippen MR) is 86.7 cm³/mol. The van der Waals surface area contributed by atoms with Crippen LogP contribution in [0.1, 0.15) is 16.8 Å². The van der Waals surface area contributed by atoms with E-state index in [1.54, 1.807) is 36.3 Å². The maximum absolute atomic E-state index is 12.6. The lowest BCUT2D eigenvalue weighted by atomic mass is 9.99. The fourth-order valence-electron chi connectivity index (χ4n) is 3.26. The Morgan fingerprint density at radius 3 is 2.83 bits per heavy atom. The fraction of sp³-hybridized carbons (Fsp3) is 0.500. The molecular formula is C16H20ClN3O3. The molecule has 0 unspecified atom stereocenters. The Balaban J connectivity index is 1.65. The van der Waals surface area contributed by atoms with Crippen LogP contribution < -0.4 is 5.32 Å². The monoisotopic (exact) mass is 337 g/mol. The molecule has 3 rings (SSSR count). The Hall–Kier alpha value is -1.79. The number of rotatable bonds is 4. The van der Waals surface area contributed by atoms with Crippen molar-refractivity contribution in [2.24, 2.45) is 0 Å². The molecular weight excluding hydrogens is 318 g/mol. The van der Waals surface area contributed by atoms with E-state index >= 15 is 0 Å². The number of benzene rings is 1. The third-order valence-corrected chi connectivity index (χ3v) is 4.71. The van der Waals surface area contributed by atoms with Crippen LogP contribution in [-0.2, 0) is 4.74 Å². The van der Waals surface area contributed by atoms with Crippen molar-refractivity contribution in [1.29, 1.82) is 0 Å². The summed E-state index contributed by atoms with van der Waals surface area (Å²) in [4.78, 5) is 28.3. The molecule has 0 spiro atoms. The quantitative estimate of drug-likeness (QED) is 0.907. The maximum atomic E-state index is 12.6. The molecule has 7 heteroatoms. The molecule has 0 bridgehead atoms. The third-order valence-electron chi connectivity index (χ3n) is 4.46. The van der Waals surface area contributed by atoms with Crippen molar-refractivity contribution in [2.75, 3.05) is 33.4 Å². The number of hydrogen-bond acceptors (Lipinski definition) is 3. The Kier molecular flexibility index (Phi) is 4.73. The van der Waals surface area contributed by atoms with Crippen LogP contribution in [0.3, 0.4) is 0 Å². The molecule has 6 nitrogen and oxygen atoms in total. The van der Waals surface area contributed by atoms with E-state index in [-0.39, 0.29) is 24.0 Å². The van der Waals surface area contributed by atoms with Crippen LogP contribution in [0.5, 0.6) is 0 Å². The SMILES string of the molecule is COCCN1C(=O)N[C@@H]2CN(C(=O)c3ccc(Cl)cc3)CC[C@@H]21. The second kappa shape index (κ2) is 6.76. The van der Waals surface area contributed by atoms with Crippen LogP contribution in [0.15, 0.2) is 24.3 Å². The van der Waals surface area contributed by atoms with Crippen LogP contribution >= 0.6 is 11.6 Å². The number of ether oxygens (including phenoxy) is 1. The summed E-state index contributed by atoms with van der Waals surface area (Å²) in [6.45, 7) is 2.26. The van der Waals surface area contributed by atoms with Crippen molar-refractivity contribution < 1.29 is 14.3 Å². The number of carbonyl (C=O) groups is 2. The predicted octanol–water partition coefficient (Wildman–Crippen LogP) is 1.59. The number of nitrogens with one attached hydrogen (secondary N) is 1. The molecule has 1 aromatic rings. The van der Waals surface area contributed by atoms with Crippen molar-refractivity contribution >= 4 is 23.5 Å². The highest BCUT2D eigenvalue weighted by molar-refractivity contribution is 6.30. The lowest BCUT2D eigenvalue weighted by Gasteiger charge is -2.36. The number of piperidine rings is 1. The van der Waals surface area contributed by atoms with E-state index in [0.717, 1.165) is 6.42 Å². The molecule has 1 aromatic carbocycles.